The quantitative estimate of drug-likeness (QED) is 0.704. The summed E-state index contributed by atoms with van der Waals surface area (Å²) in [7, 11) is 0. The van der Waals surface area contributed by atoms with Gasteiger partial charge in [-0.1, -0.05) is 6.92 Å². The van der Waals surface area contributed by atoms with E-state index in [0.29, 0.717) is 6.04 Å². The molecule has 0 spiro atoms. The molecule has 3 heteroatoms. The van der Waals surface area contributed by atoms with Crippen LogP contribution in [0.2, 0.25) is 0 Å². The normalized spacial score (nSPS) is 17.8. The molecule has 1 fully saturated rings. The number of hydrogen-bond donors (Lipinski definition) is 0. The standard InChI is InChI=1S/C12H18N2O/c1-4-13-6-12(7-13)14-9(2)5-11(8-15)10(14)3/h5,8,12H,4,6-7H2,1-3H3. The van der Waals surface area contributed by atoms with Crippen molar-refractivity contribution in [1.82, 2.24) is 9.47 Å². The van der Waals surface area contributed by atoms with Gasteiger partial charge in [0.2, 0.25) is 0 Å². The monoisotopic (exact) mass is 206 g/mol. The zero-order chi connectivity index (χ0) is 11.0. The summed E-state index contributed by atoms with van der Waals surface area (Å²) in [5.74, 6) is 0. The molecule has 1 aliphatic heterocycles. The SMILES string of the molecule is CCN1CC(n2c(C)cc(C=O)c2C)C1. The van der Waals surface area contributed by atoms with Gasteiger partial charge in [0.05, 0.1) is 6.04 Å². The van der Waals surface area contributed by atoms with Gasteiger partial charge in [0, 0.05) is 30.0 Å². The number of carbonyl (C=O) groups excluding carboxylic acids is 1. The van der Waals surface area contributed by atoms with Gasteiger partial charge in [-0.05, 0) is 26.5 Å². The Morgan fingerprint density at radius 2 is 2.13 bits per heavy atom. The predicted molar refractivity (Wildman–Crippen MR) is 60.4 cm³/mol. The lowest BCUT2D eigenvalue weighted by Gasteiger charge is -2.40. The van der Waals surface area contributed by atoms with Crippen molar-refractivity contribution in [2.45, 2.75) is 26.8 Å². The van der Waals surface area contributed by atoms with Gasteiger partial charge in [0.15, 0.2) is 6.29 Å². The van der Waals surface area contributed by atoms with Crippen LogP contribution in [0.5, 0.6) is 0 Å². The van der Waals surface area contributed by atoms with Crippen LogP contribution in [0.15, 0.2) is 6.07 Å². The van der Waals surface area contributed by atoms with Crippen molar-refractivity contribution in [3.63, 3.8) is 0 Å². The number of hydrogen-bond acceptors (Lipinski definition) is 2. The second-order valence-corrected chi connectivity index (χ2v) is 4.32. The minimum Gasteiger partial charge on any atom is -0.343 e. The Labute approximate surface area is 90.7 Å². The third kappa shape index (κ3) is 1.61. The Morgan fingerprint density at radius 3 is 2.60 bits per heavy atom. The van der Waals surface area contributed by atoms with E-state index in [2.05, 4.69) is 23.3 Å². The van der Waals surface area contributed by atoms with E-state index in [4.69, 9.17) is 0 Å². The lowest BCUT2D eigenvalue weighted by atomic mass is 10.1. The average molecular weight is 206 g/mol. The number of carbonyl (C=O) groups is 1. The molecular weight excluding hydrogens is 188 g/mol. The van der Waals surface area contributed by atoms with Gasteiger partial charge in [-0.2, -0.15) is 0 Å². The van der Waals surface area contributed by atoms with Gasteiger partial charge in [0.1, 0.15) is 0 Å². The first-order valence-corrected chi connectivity index (χ1v) is 5.53. The van der Waals surface area contributed by atoms with Crippen LogP contribution in [0.4, 0.5) is 0 Å². The maximum Gasteiger partial charge on any atom is 0.151 e. The Bertz CT molecular complexity index is 375. The first-order valence-electron chi connectivity index (χ1n) is 5.53. The summed E-state index contributed by atoms with van der Waals surface area (Å²) in [5.41, 5.74) is 3.15. The van der Waals surface area contributed by atoms with Crippen LogP contribution in [0.25, 0.3) is 0 Å². The van der Waals surface area contributed by atoms with E-state index in [9.17, 15) is 4.79 Å². The number of likely N-dealkylation sites (N-methyl/N-ethyl adjacent to an activating group) is 1. The summed E-state index contributed by atoms with van der Waals surface area (Å²) in [6.45, 7) is 9.65. The fraction of sp³-hybridized carbons (Fsp3) is 0.583. The second kappa shape index (κ2) is 3.81. The Kier molecular flexibility index (Phi) is 2.65. The number of aromatic nitrogens is 1. The zero-order valence-corrected chi connectivity index (χ0v) is 9.66. The molecule has 0 unspecified atom stereocenters. The lowest BCUT2D eigenvalue weighted by molar-refractivity contribution is 0.110. The molecule has 0 amide bonds. The molecule has 0 saturated carbocycles. The van der Waals surface area contributed by atoms with Gasteiger partial charge in [0.25, 0.3) is 0 Å². The van der Waals surface area contributed by atoms with Crippen LogP contribution < -0.4 is 0 Å². The smallest absolute Gasteiger partial charge is 0.151 e. The van der Waals surface area contributed by atoms with Crippen molar-refractivity contribution in [2.24, 2.45) is 0 Å². The van der Waals surface area contributed by atoms with Gasteiger partial charge >= 0.3 is 0 Å². The number of nitrogens with zero attached hydrogens (tertiary/aromatic N) is 2. The van der Waals surface area contributed by atoms with E-state index in [-0.39, 0.29) is 0 Å². The van der Waals surface area contributed by atoms with Crippen molar-refractivity contribution in [1.29, 1.82) is 0 Å². The Morgan fingerprint density at radius 1 is 1.47 bits per heavy atom. The molecule has 1 saturated heterocycles. The van der Waals surface area contributed by atoms with Crippen molar-refractivity contribution >= 4 is 6.29 Å². The molecule has 1 aromatic rings. The summed E-state index contributed by atoms with van der Waals surface area (Å²) in [6.07, 6.45) is 0.953. The van der Waals surface area contributed by atoms with Crippen molar-refractivity contribution in [3.8, 4) is 0 Å². The number of rotatable bonds is 3. The summed E-state index contributed by atoms with van der Waals surface area (Å²) in [5, 5.41) is 0. The van der Waals surface area contributed by atoms with Crippen molar-refractivity contribution < 1.29 is 4.79 Å². The molecule has 0 atom stereocenters. The van der Waals surface area contributed by atoms with E-state index >= 15 is 0 Å². The molecule has 1 aromatic heterocycles. The number of aldehydes is 1. The third-order valence-corrected chi connectivity index (χ3v) is 3.40. The fourth-order valence-corrected chi connectivity index (χ4v) is 2.45. The minimum atomic E-state index is 0.568. The molecule has 82 valence electrons. The van der Waals surface area contributed by atoms with Crippen LogP contribution in [0, 0.1) is 13.8 Å². The molecule has 2 rings (SSSR count). The molecular formula is C12H18N2O. The molecule has 0 N–H and O–H groups in total. The molecule has 2 heterocycles. The highest BCUT2D eigenvalue weighted by atomic mass is 16.1. The van der Waals surface area contributed by atoms with Crippen LogP contribution in [0.3, 0.4) is 0 Å². The van der Waals surface area contributed by atoms with Gasteiger partial charge in [-0.15, -0.1) is 0 Å². The maximum atomic E-state index is 10.8. The summed E-state index contributed by atoms with van der Waals surface area (Å²) in [6, 6.07) is 2.55. The molecule has 3 nitrogen and oxygen atoms in total. The highest BCUT2D eigenvalue weighted by Crippen LogP contribution is 2.26. The first kappa shape index (κ1) is 10.4. The van der Waals surface area contributed by atoms with E-state index in [1.807, 2.05) is 13.0 Å². The fourth-order valence-electron chi connectivity index (χ4n) is 2.45. The highest BCUT2D eigenvalue weighted by molar-refractivity contribution is 5.77. The lowest BCUT2D eigenvalue weighted by Crippen LogP contribution is -2.47. The minimum absolute atomic E-state index is 0.568. The molecule has 0 aromatic carbocycles. The van der Waals surface area contributed by atoms with Crippen molar-refractivity contribution in [3.05, 3.63) is 23.0 Å². The predicted octanol–water partition coefficient (Wildman–Crippen LogP) is 1.79. The largest absolute Gasteiger partial charge is 0.343 e. The maximum absolute atomic E-state index is 10.8. The van der Waals surface area contributed by atoms with E-state index in [0.717, 1.165) is 37.2 Å². The van der Waals surface area contributed by atoms with E-state index < -0.39 is 0 Å². The second-order valence-electron chi connectivity index (χ2n) is 4.32. The first-order chi connectivity index (χ1) is 7.17. The summed E-state index contributed by atoms with van der Waals surface area (Å²) >= 11 is 0. The van der Waals surface area contributed by atoms with Gasteiger partial charge in [-0.3, -0.25) is 9.69 Å². The van der Waals surface area contributed by atoms with Crippen LogP contribution >= 0.6 is 0 Å². The average Bonchev–Trinajstić information content (AvgIpc) is 2.43. The van der Waals surface area contributed by atoms with Crippen LogP contribution in [-0.4, -0.2) is 35.4 Å². The number of likely N-dealkylation sites (tertiary alicyclic amines) is 1. The topological polar surface area (TPSA) is 25.2 Å². The Balaban J connectivity index is 2.22. The van der Waals surface area contributed by atoms with E-state index in [1.165, 1.54) is 5.69 Å². The van der Waals surface area contributed by atoms with Gasteiger partial charge < -0.3 is 4.57 Å². The van der Waals surface area contributed by atoms with E-state index in [1.54, 1.807) is 0 Å². The van der Waals surface area contributed by atoms with Crippen molar-refractivity contribution in [2.75, 3.05) is 19.6 Å². The molecule has 0 aliphatic carbocycles. The van der Waals surface area contributed by atoms with Crippen LogP contribution in [-0.2, 0) is 0 Å². The summed E-state index contributed by atoms with van der Waals surface area (Å²) < 4.78 is 2.30. The van der Waals surface area contributed by atoms with Crippen LogP contribution in [0.1, 0.15) is 34.7 Å². The molecule has 0 bridgehead atoms. The highest BCUT2D eigenvalue weighted by Gasteiger charge is 2.28. The number of aryl methyl sites for hydroxylation is 1. The molecule has 15 heavy (non-hydrogen) atoms. The molecule has 1 aliphatic rings. The molecule has 0 radical (unpaired) electrons. The summed E-state index contributed by atoms with van der Waals surface area (Å²) in [4.78, 5) is 13.2. The Hall–Kier alpha value is -1.09. The zero-order valence-electron chi connectivity index (χ0n) is 9.66. The third-order valence-electron chi connectivity index (χ3n) is 3.40. The van der Waals surface area contributed by atoms with Gasteiger partial charge in [-0.25, -0.2) is 0 Å².